The molecule has 4 rings (SSSR count). The number of hydrogen-bond donors (Lipinski definition) is 2. The molecule has 0 atom stereocenters. The number of rotatable bonds is 7. The molecule has 174 valence electrons. The van der Waals surface area contributed by atoms with Crippen LogP contribution < -0.4 is 15.1 Å². The van der Waals surface area contributed by atoms with E-state index in [2.05, 4.69) is 34.5 Å². The second-order valence-electron chi connectivity index (χ2n) is 8.93. The zero-order valence-corrected chi connectivity index (χ0v) is 19.1. The molecule has 0 bridgehead atoms. The second kappa shape index (κ2) is 11.1. The summed E-state index contributed by atoms with van der Waals surface area (Å²) in [6.07, 6.45) is 7.98. The molecule has 0 radical (unpaired) electrons. The minimum absolute atomic E-state index is 0.0529. The quantitative estimate of drug-likeness (QED) is 0.619. The van der Waals surface area contributed by atoms with Crippen LogP contribution >= 0.6 is 0 Å². The summed E-state index contributed by atoms with van der Waals surface area (Å²) in [6.45, 7) is 4.50. The summed E-state index contributed by atoms with van der Waals surface area (Å²) in [5.41, 5.74) is 3.88. The van der Waals surface area contributed by atoms with Crippen molar-refractivity contribution in [1.29, 1.82) is 0 Å². The van der Waals surface area contributed by atoms with Gasteiger partial charge in [-0.3, -0.25) is 4.79 Å². The Labute approximate surface area is 195 Å². The molecule has 1 aliphatic carbocycles. The molecule has 2 aliphatic rings. The maximum absolute atomic E-state index is 13.6. The SMILES string of the molecule is O=C(O)C=Cc1cccc(N(Cc2ccc(N3CCNCC3)cc2)C(=O)C2CCCCC2)c1. The predicted molar refractivity (Wildman–Crippen MR) is 132 cm³/mol. The summed E-state index contributed by atoms with van der Waals surface area (Å²) >= 11 is 0. The third-order valence-corrected chi connectivity index (χ3v) is 6.58. The Balaban J connectivity index is 1.57. The first-order valence-corrected chi connectivity index (χ1v) is 12.0. The Hall–Kier alpha value is -3.12. The van der Waals surface area contributed by atoms with Crippen LogP contribution in [0.3, 0.4) is 0 Å². The van der Waals surface area contributed by atoms with E-state index in [0.29, 0.717) is 6.54 Å². The zero-order chi connectivity index (χ0) is 23.0. The van der Waals surface area contributed by atoms with Crippen LogP contribution in [0.5, 0.6) is 0 Å². The zero-order valence-electron chi connectivity index (χ0n) is 19.1. The molecule has 6 heteroatoms. The third kappa shape index (κ3) is 6.23. The predicted octanol–water partition coefficient (Wildman–Crippen LogP) is 4.31. The van der Waals surface area contributed by atoms with Gasteiger partial charge in [0.25, 0.3) is 0 Å². The molecule has 2 N–H and O–H groups in total. The lowest BCUT2D eigenvalue weighted by molar-refractivity contribution is -0.131. The first kappa shape index (κ1) is 23.1. The normalized spacial score (nSPS) is 17.3. The van der Waals surface area contributed by atoms with Crippen molar-refractivity contribution in [2.24, 2.45) is 5.92 Å². The third-order valence-electron chi connectivity index (χ3n) is 6.58. The number of carboxylic acid groups (broad SMARTS) is 1. The first-order valence-electron chi connectivity index (χ1n) is 12.0. The van der Waals surface area contributed by atoms with E-state index >= 15 is 0 Å². The fourth-order valence-electron chi connectivity index (χ4n) is 4.75. The van der Waals surface area contributed by atoms with E-state index in [-0.39, 0.29) is 11.8 Å². The fraction of sp³-hybridized carbons (Fsp3) is 0.407. The van der Waals surface area contributed by atoms with Crippen LogP contribution in [0.25, 0.3) is 6.08 Å². The molecular formula is C27H33N3O3. The smallest absolute Gasteiger partial charge is 0.328 e. The molecular weight excluding hydrogens is 414 g/mol. The molecule has 1 amide bonds. The van der Waals surface area contributed by atoms with Crippen molar-refractivity contribution < 1.29 is 14.7 Å². The molecule has 0 spiro atoms. The van der Waals surface area contributed by atoms with Gasteiger partial charge in [-0.05, 0) is 54.3 Å². The highest BCUT2D eigenvalue weighted by Gasteiger charge is 2.27. The topological polar surface area (TPSA) is 72.9 Å². The van der Waals surface area contributed by atoms with Gasteiger partial charge in [0.2, 0.25) is 5.91 Å². The molecule has 0 aromatic heterocycles. The highest BCUT2D eigenvalue weighted by atomic mass is 16.4. The number of anilines is 2. The molecule has 1 saturated carbocycles. The molecule has 1 saturated heterocycles. The maximum atomic E-state index is 13.6. The van der Waals surface area contributed by atoms with Crippen molar-refractivity contribution in [3.05, 3.63) is 65.7 Å². The van der Waals surface area contributed by atoms with Crippen LogP contribution in [0.1, 0.15) is 43.2 Å². The molecule has 1 aliphatic heterocycles. The Kier molecular flexibility index (Phi) is 7.79. The fourth-order valence-corrected chi connectivity index (χ4v) is 4.75. The molecule has 33 heavy (non-hydrogen) atoms. The summed E-state index contributed by atoms with van der Waals surface area (Å²) in [5.74, 6) is -0.766. The standard InChI is InChI=1S/C27H33N3O3/c31-26(32)14-11-21-5-4-8-25(19-21)30(27(33)23-6-2-1-3-7-23)20-22-9-12-24(13-10-22)29-17-15-28-16-18-29/h4-5,8-14,19,23,28H,1-3,6-7,15-18,20H2,(H,31,32). The van der Waals surface area contributed by atoms with Crippen molar-refractivity contribution in [2.45, 2.75) is 38.6 Å². The van der Waals surface area contributed by atoms with Crippen LogP contribution in [0.2, 0.25) is 0 Å². The van der Waals surface area contributed by atoms with Gasteiger partial charge in [0.15, 0.2) is 0 Å². The second-order valence-corrected chi connectivity index (χ2v) is 8.93. The van der Waals surface area contributed by atoms with E-state index in [4.69, 9.17) is 5.11 Å². The Morgan fingerprint density at radius 1 is 1.03 bits per heavy atom. The lowest BCUT2D eigenvalue weighted by Gasteiger charge is -2.31. The number of amides is 1. The molecule has 2 aromatic carbocycles. The monoisotopic (exact) mass is 447 g/mol. The van der Waals surface area contributed by atoms with Crippen molar-refractivity contribution in [1.82, 2.24) is 5.32 Å². The molecule has 0 unspecified atom stereocenters. The van der Waals surface area contributed by atoms with Gasteiger partial charge in [-0.25, -0.2) is 4.79 Å². The molecule has 6 nitrogen and oxygen atoms in total. The number of benzene rings is 2. The molecule has 1 heterocycles. The number of hydrogen-bond acceptors (Lipinski definition) is 4. The van der Waals surface area contributed by atoms with Gasteiger partial charge < -0.3 is 20.2 Å². The average Bonchev–Trinajstić information content (AvgIpc) is 2.87. The number of nitrogens with zero attached hydrogens (tertiary/aromatic N) is 2. The van der Waals surface area contributed by atoms with E-state index in [0.717, 1.165) is 74.8 Å². The summed E-state index contributed by atoms with van der Waals surface area (Å²) in [6, 6.07) is 16.1. The Morgan fingerprint density at radius 2 is 1.76 bits per heavy atom. The number of piperazine rings is 1. The van der Waals surface area contributed by atoms with E-state index in [1.807, 2.05) is 29.2 Å². The number of carbonyl (C=O) groups is 2. The number of carbonyl (C=O) groups excluding carboxylic acids is 1. The maximum Gasteiger partial charge on any atom is 0.328 e. The minimum atomic E-state index is -0.986. The van der Waals surface area contributed by atoms with Gasteiger partial charge in [0, 0.05) is 49.5 Å². The van der Waals surface area contributed by atoms with Gasteiger partial charge in [0.1, 0.15) is 0 Å². The molecule has 2 fully saturated rings. The van der Waals surface area contributed by atoms with Gasteiger partial charge in [-0.1, -0.05) is 43.5 Å². The summed E-state index contributed by atoms with van der Waals surface area (Å²) in [5, 5.41) is 12.3. The lowest BCUT2D eigenvalue weighted by atomic mass is 9.88. The van der Waals surface area contributed by atoms with Crippen LogP contribution in [-0.4, -0.2) is 43.2 Å². The van der Waals surface area contributed by atoms with Gasteiger partial charge in [-0.15, -0.1) is 0 Å². The Bertz CT molecular complexity index is 974. The lowest BCUT2D eigenvalue weighted by Crippen LogP contribution is -2.43. The summed E-state index contributed by atoms with van der Waals surface area (Å²) < 4.78 is 0. The average molecular weight is 448 g/mol. The van der Waals surface area contributed by atoms with Crippen LogP contribution in [0, 0.1) is 5.92 Å². The summed E-state index contributed by atoms with van der Waals surface area (Å²) in [4.78, 5) is 28.8. The van der Waals surface area contributed by atoms with E-state index in [1.165, 1.54) is 12.1 Å². The van der Waals surface area contributed by atoms with Gasteiger partial charge >= 0.3 is 5.97 Å². The van der Waals surface area contributed by atoms with Crippen molar-refractivity contribution >= 4 is 29.3 Å². The highest BCUT2D eigenvalue weighted by molar-refractivity contribution is 5.95. The van der Waals surface area contributed by atoms with Gasteiger partial charge in [-0.2, -0.15) is 0 Å². The van der Waals surface area contributed by atoms with Crippen molar-refractivity contribution in [3.8, 4) is 0 Å². The Morgan fingerprint density at radius 3 is 2.45 bits per heavy atom. The highest BCUT2D eigenvalue weighted by Crippen LogP contribution is 2.29. The van der Waals surface area contributed by atoms with Crippen molar-refractivity contribution in [2.75, 3.05) is 36.0 Å². The number of carboxylic acids is 1. The van der Waals surface area contributed by atoms with Crippen LogP contribution in [-0.2, 0) is 16.1 Å². The minimum Gasteiger partial charge on any atom is -0.478 e. The van der Waals surface area contributed by atoms with Crippen LogP contribution in [0.4, 0.5) is 11.4 Å². The van der Waals surface area contributed by atoms with E-state index in [1.54, 1.807) is 6.08 Å². The van der Waals surface area contributed by atoms with E-state index < -0.39 is 5.97 Å². The van der Waals surface area contributed by atoms with E-state index in [9.17, 15) is 9.59 Å². The van der Waals surface area contributed by atoms with Crippen LogP contribution in [0.15, 0.2) is 54.6 Å². The summed E-state index contributed by atoms with van der Waals surface area (Å²) in [7, 11) is 0. The number of aliphatic carboxylic acids is 1. The largest absolute Gasteiger partial charge is 0.478 e. The number of nitrogens with one attached hydrogen (secondary N) is 1. The molecule has 2 aromatic rings. The first-order chi connectivity index (χ1) is 16.1. The van der Waals surface area contributed by atoms with Crippen molar-refractivity contribution in [3.63, 3.8) is 0 Å². The van der Waals surface area contributed by atoms with Gasteiger partial charge in [0.05, 0.1) is 6.54 Å².